The van der Waals surface area contributed by atoms with Crippen LogP contribution < -0.4 is 4.90 Å². The number of para-hydroxylation sites is 1. The average Bonchev–Trinajstić information content (AvgIpc) is 2.79. The van der Waals surface area contributed by atoms with E-state index >= 15 is 0 Å². The van der Waals surface area contributed by atoms with Crippen LogP contribution in [0.15, 0.2) is 24.3 Å². The molecule has 2 fully saturated rings. The van der Waals surface area contributed by atoms with Gasteiger partial charge in [0.05, 0.1) is 25.1 Å². The summed E-state index contributed by atoms with van der Waals surface area (Å²) in [6.45, 7) is 5.29. The third-order valence-electron chi connectivity index (χ3n) is 5.06. The number of rotatable bonds is 2. The van der Waals surface area contributed by atoms with E-state index in [4.69, 9.17) is 9.47 Å². The van der Waals surface area contributed by atoms with Crippen LogP contribution in [0.4, 0.5) is 5.69 Å². The van der Waals surface area contributed by atoms with Gasteiger partial charge in [0.15, 0.2) is 0 Å². The summed E-state index contributed by atoms with van der Waals surface area (Å²) in [6.07, 6.45) is 4.55. The molecule has 23 heavy (non-hydrogen) atoms. The molecule has 0 aromatic heterocycles. The quantitative estimate of drug-likeness (QED) is 0.840. The SMILES string of the molecule is C[C@@H]1CCO[C@]2(O1)C(=O)N(CN1CCCCC1)c1ccccc12. The Morgan fingerprint density at radius 1 is 1.22 bits per heavy atom. The highest BCUT2D eigenvalue weighted by atomic mass is 16.7. The lowest BCUT2D eigenvalue weighted by atomic mass is 10.1. The molecule has 0 bridgehead atoms. The van der Waals surface area contributed by atoms with Gasteiger partial charge in [0.1, 0.15) is 0 Å². The molecule has 0 saturated carbocycles. The van der Waals surface area contributed by atoms with E-state index in [1.165, 1.54) is 19.3 Å². The molecule has 5 heteroatoms. The highest BCUT2D eigenvalue weighted by molar-refractivity contribution is 6.06. The van der Waals surface area contributed by atoms with E-state index in [2.05, 4.69) is 4.90 Å². The van der Waals surface area contributed by atoms with E-state index in [-0.39, 0.29) is 12.0 Å². The first-order valence-corrected chi connectivity index (χ1v) is 8.66. The van der Waals surface area contributed by atoms with Gasteiger partial charge in [-0.2, -0.15) is 0 Å². The summed E-state index contributed by atoms with van der Waals surface area (Å²) >= 11 is 0. The Hall–Kier alpha value is -1.43. The first-order chi connectivity index (χ1) is 11.2. The number of carbonyl (C=O) groups is 1. The van der Waals surface area contributed by atoms with Crippen molar-refractivity contribution in [3.8, 4) is 0 Å². The first kappa shape index (κ1) is 15.1. The molecular formula is C18H24N2O3. The molecule has 0 aliphatic carbocycles. The predicted octanol–water partition coefficient (Wildman–Crippen LogP) is 2.45. The van der Waals surface area contributed by atoms with E-state index in [0.717, 1.165) is 30.8 Å². The van der Waals surface area contributed by atoms with Crippen molar-refractivity contribution in [3.63, 3.8) is 0 Å². The number of likely N-dealkylation sites (tertiary alicyclic amines) is 1. The maximum absolute atomic E-state index is 13.2. The van der Waals surface area contributed by atoms with Crippen LogP contribution in [0.25, 0.3) is 0 Å². The van der Waals surface area contributed by atoms with Gasteiger partial charge in [-0.05, 0) is 45.3 Å². The fourth-order valence-corrected chi connectivity index (χ4v) is 3.83. The number of nitrogens with zero attached hydrogens (tertiary/aromatic N) is 2. The van der Waals surface area contributed by atoms with Gasteiger partial charge in [-0.1, -0.05) is 24.6 Å². The zero-order chi connectivity index (χ0) is 15.9. The fraction of sp³-hybridized carbons (Fsp3) is 0.611. The summed E-state index contributed by atoms with van der Waals surface area (Å²) < 4.78 is 12.0. The minimum atomic E-state index is -1.23. The predicted molar refractivity (Wildman–Crippen MR) is 87.0 cm³/mol. The number of anilines is 1. The molecule has 3 heterocycles. The topological polar surface area (TPSA) is 42.0 Å². The monoisotopic (exact) mass is 316 g/mol. The summed E-state index contributed by atoms with van der Waals surface area (Å²) in [5, 5.41) is 0. The molecule has 0 radical (unpaired) electrons. The minimum absolute atomic E-state index is 0.0238. The summed E-state index contributed by atoms with van der Waals surface area (Å²) in [5.74, 6) is -1.31. The van der Waals surface area contributed by atoms with Crippen LogP contribution >= 0.6 is 0 Å². The maximum atomic E-state index is 13.2. The number of hydrogen-bond donors (Lipinski definition) is 0. The van der Waals surface area contributed by atoms with Gasteiger partial charge in [0.2, 0.25) is 0 Å². The average molecular weight is 316 g/mol. The van der Waals surface area contributed by atoms with Crippen LogP contribution in [0.1, 0.15) is 38.2 Å². The Morgan fingerprint density at radius 2 is 2.00 bits per heavy atom. The molecule has 1 spiro atoms. The summed E-state index contributed by atoms with van der Waals surface area (Å²) in [6, 6.07) is 7.88. The molecule has 2 atom stereocenters. The molecule has 2 saturated heterocycles. The number of carbonyl (C=O) groups excluding carboxylic acids is 1. The lowest BCUT2D eigenvalue weighted by Gasteiger charge is -2.37. The van der Waals surface area contributed by atoms with E-state index in [1.807, 2.05) is 36.1 Å². The fourth-order valence-electron chi connectivity index (χ4n) is 3.83. The van der Waals surface area contributed by atoms with Gasteiger partial charge in [-0.15, -0.1) is 0 Å². The first-order valence-electron chi connectivity index (χ1n) is 8.66. The largest absolute Gasteiger partial charge is 0.338 e. The van der Waals surface area contributed by atoms with Gasteiger partial charge >= 0.3 is 0 Å². The number of ether oxygens (including phenoxy) is 2. The van der Waals surface area contributed by atoms with Crippen molar-refractivity contribution in [2.75, 3.05) is 31.3 Å². The van der Waals surface area contributed by atoms with Crippen molar-refractivity contribution in [1.29, 1.82) is 0 Å². The molecule has 1 aromatic rings. The van der Waals surface area contributed by atoms with E-state index in [9.17, 15) is 4.79 Å². The Bertz CT molecular complexity index is 600. The second kappa shape index (κ2) is 5.89. The third-order valence-corrected chi connectivity index (χ3v) is 5.06. The highest BCUT2D eigenvalue weighted by Gasteiger charge is 2.56. The molecule has 1 aromatic carbocycles. The van der Waals surface area contributed by atoms with Crippen LogP contribution in [0, 0.1) is 0 Å². The lowest BCUT2D eigenvalue weighted by Crippen LogP contribution is -2.51. The lowest BCUT2D eigenvalue weighted by molar-refractivity contribution is -0.277. The van der Waals surface area contributed by atoms with Crippen LogP contribution in [0.2, 0.25) is 0 Å². The van der Waals surface area contributed by atoms with Gasteiger partial charge in [-0.25, -0.2) is 0 Å². The Morgan fingerprint density at radius 3 is 2.78 bits per heavy atom. The van der Waals surface area contributed by atoms with Crippen LogP contribution in [0.3, 0.4) is 0 Å². The standard InChI is InChI=1S/C18H24N2O3/c1-14-9-12-22-18(23-14)15-7-3-4-8-16(15)20(17(18)21)13-19-10-5-2-6-11-19/h3-4,7-8,14H,2,5-6,9-13H2,1H3/t14-,18-/m1/s1. The maximum Gasteiger partial charge on any atom is 0.293 e. The van der Waals surface area contributed by atoms with Crippen molar-refractivity contribution in [2.45, 2.75) is 44.5 Å². The van der Waals surface area contributed by atoms with Crippen molar-refractivity contribution in [3.05, 3.63) is 29.8 Å². The molecule has 0 N–H and O–H groups in total. The van der Waals surface area contributed by atoms with E-state index < -0.39 is 5.79 Å². The third kappa shape index (κ3) is 2.47. The number of benzene rings is 1. The van der Waals surface area contributed by atoms with Crippen molar-refractivity contribution >= 4 is 11.6 Å². The van der Waals surface area contributed by atoms with Gasteiger partial charge in [0.25, 0.3) is 11.7 Å². The van der Waals surface area contributed by atoms with Gasteiger partial charge in [-0.3, -0.25) is 14.6 Å². The van der Waals surface area contributed by atoms with Crippen LogP contribution in [-0.4, -0.2) is 43.3 Å². The molecule has 3 aliphatic heterocycles. The normalized spacial score (nSPS) is 31.6. The van der Waals surface area contributed by atoms with Crippen molar-refractivity contribution < 1.29 is 14.3 Å². The molecule has 3 aliphatic rings. The molecular weight excluding hydrogens is 292 g/mol. The number of hydrogen-bond acceptors (Lipinski definition) is 4. The molecule has 5 nitrogen and oxygen atoms in total. The summed E-state index contributed by atoms with van der Waals surface area (Å²) in [5.41, 5.74) is 1.78. The zero-order valence-corrected chi connectivity index (χ0v) is 13.7. The number of amides is 1. The second-order valence-electron chi connectivity index (χ2n) is 6.75. The number of fused-ring (bicyclic) bond motifs is 2. The summed E-state index contributed by atoms with van der Waals surface area (Å²) in [4.78, 5) is 17.4. The molecule has 4 rings (SSSR count). The molecule has 124 valence electrons. The van der Waals surface area contributed by atoms with E-state index in [1.54, 1.807) is 0 Å². The van der Waals surface area contributed by atoms with Gasteiger partial charge in [0, 0.05) is 5.56 Å². The second-order valence-corrected chi connectivity index (χ2v) is 6.75. The van der Waals surface area contributed by atoms with Crippen molar-refractivity contribution in [2.24, 2.45) is 0 Å². The Labute approximate surface area is 137 Å². The van der Waals surface area contributed by atoms with Gasteiger partial charge < -0.3 is 9.47 Å². The van der Waals surface area contributed by atoms with Crippen LogP contribution in [0.5, 0.6) is 0 Å². The molecule has 0 unspecified atom stereocenters. The Kier molecular flexibility index (Phi) is 3.87. The molecule has 1 amide bonds. The highest BCUT2D eigenvalue weighted by Crippen LogP contribution is 2.46. The smallest absolute Gasteiger partial charge is 0.293 e. The zero-order valence-electron chi connectivity index (χ0n) is 13.7. The van der Waals surface area contributed by atoms with E-state index in [0.29, 0.717) is 13.3 Å². The van der Waals surface area contributed by atoms with Crippen LogP contribution in [-0.2, 0) is 20.1 Å². The van der Waals surface area contributed by atoms with Crippen molar-refractivity contribution in [1.82, 2.24) is 4.90 Å². The minimum Gasteiger partial charge on any atom is -0.338 e. The Balaban J connectivity index is 1.67. The number of piperidine rings is 1. The summed E-state index contributed by atoms with van der Waals surface area (Å²) in [7, 11) is 0.